The minimum absolute atomic E-state index is 0.0811. The van der Waals surface area contributed by atoms with Gasteiger partial charge in [0.15, 0.2) is 5.78 Å². The van der Waals surface area contributed by atoms with E-state index in [0.29, 0.717) is 15.6 Å². The van der Waals surface area contributed by atoms with Gasteiger partial charge in [0.2, 0.25) is 0 Å². The summed E-state index contributed by atoms with van der Waals surface area (Å²) in [5, 5.41) is 0.905. The SMILES string of the molecule is O=C(Cc1cncc(Br)c1)c1cc(Cl)ccc1Cl. The van der Waals surface area contributed by atoms with Gasteiger partial charge in [-0.05, 0) is 45.8 Å². The summed E-state index contributed by atoms with van der Waals surface area (Å²) in [5.74, 6) is -0.0811. The van der Waals surface area contributed by atoms with Crippen molar-refractivity contribution in [1.82, 2.24) is 4.98 Å². The number of benzene rings is 1. The predicted molar refractivity (Wildman–Crippen MR) is 76.4 cm³/mol. The van der Waals surface area contributed by atoms with Gasteiger partial charge in [0.25, 0.3) is 0 Å². The average Bonchev–Trinajstić information content (AvgIpc) is 2.32. The van der Waals surface area contributed by atoms with Crippen LogP contribution in [0.3, 0.4) is 0 Å². The normalized spacial score (nSPS) is 10.4. The van der Waals surface area contributed by atoms with Crippen molar-refractivity contribution in [2.75, 3.05) is 0 Å². The Kier molecular flexibility index (Phi) is 4.38. The number of carbonyl (C=O) groups is 1. The summed E-state index contributed by atoms with van der Waals surface area (Å²) in [4.78, 5) is 16.1. The van der Waals surface area contributed by atoms with E-state index < -0.39 is 0 Å². The highest BCUT2D eigenvalue weighted by Crippen LogP contribution is 2.22. The summed E-state index contributed by atoms with van der Waals surface area (Å²) in [6.45, 7) is 0. The second kappa shape index (κ2) is 5.83. The minimum atomic E-state index is -0.0811. The number of hydrogen-bond donors (Lipinski definition) is 0. The standard InChI is InChI=1S/C13H8BrCl2NO/c14-9-3-8(6-17-7-9)4-13(18)11-5-10(15)1-2-12(11)16/h1-3,5-7H,4H2. The van der Waals surface area contributed by atoms with Crippen LogP contribution in [0.5, 0.6) is 0 Å². The van der Waals surface area contributed by atoms with Crippen LogP contribution in [0.2, 0.25) is 10.0 Å². The van der Waals surface area contributed by atoms with Gasteiger partial charge >= 0.3 is 0 Å². The summed E-state index contributed by atoms with van der Waals surface area (Å²) in [5.41, 5.74) is 1.26. The number of ketones is 1. The van der Waals surface area contributed by atoms with E-state index in [9.17, 15) is 4.79 Å². The maximum Gasteiger partial charge on any atom is 0.168 e. The van der Waals surface area contributed by atoms with Crippen molar-refractivity contribution in [2.24, 2.45) is 0 Å². The maximum absolute atomic E-state index is 12.1. The van der Waals surface area contributed by atoms with Crippen LogP contribution in [0.25, 0.3) is 0 Å². The molecule has 5 heteroatoms. The Balaban J connectivity index is 2.24. The molecule has 0 aliphatic carbocycles. The second-order valence-electron chi connectivity index (χ2n) is 3.74. The van der Waals surface area contributed by atoms with Crippen molar-refractivity contribution in [3.63, 3.8) is 0 Å². The average molecular weight is 345 g/mol. The number of hydrogen-bond acceptors (Lipinski definition) is 2. The molecule has 18 heavy (non-hydrogen) atoms. The third-order valence-electron chi connectivity index (χ3n) is 2.36. The number of nitrogens with zero attached hydrogens (tertiary/aromatic N) is 1. The molecule has 0 bridgehead atoms. The summed E-state index contributed by atoms with van der Waals surface area (Å²) in [6.07, 6.45) is 3.56. The molecule has 0 atom stereocenters. The van der Waals surface area contributed by atoms with E-state index in [1.165, 1.54) is 0 Å². The van der Waals surface area contributed by atoms with Gasteiger partial charge < -0.3 is 0 Å². The number of Topliss-reactive ketones (excluding diaryl/α,β-unsaturated/α-hetero) is 1. The van der Waals surface area contributed by atoms with E-state index in [-0.39, 0.29) is 12.2 Å². The van der Waals surface area contributed by atoms with E-state index in [2.05, 4.69) is 20.9 Å². The first kappa shape index (κ1) is 13.5. The molecule has 0 radical (unpaired) electrons. The second-order valence-corrected chi connectivity index (χ2v) is 5.49. The van der Waals surface area contributed by atoms with E-state index in [1.807, 2.05) is 6.07 Å². The van der Waals surface area contributed by atoms with Crippen molar-refractivity contribution in [2.45, 2.75) is 6.42 Å². The highest BCUT2D eigenvalue weighted by Gasteiger charge is 2.12. The minimum Gasteiger partial charge on any atom is -0.294 e. The number of halogens is 3. The monoisotopic (exact) mass is 343 g/mol. The summed E-state index contributed by atoms with van der Waals surface area (Å²) < 4.78 is 0.838. The first-order valence-corrected chi connectivity index (χ1v) is 6.69. The van der Waals surface area contributed by atoms with Crippen molar-refractivity contribution in [3.05, 3.63) is 62.3 Å². The molecule has 0 aliphatic rings. The molecule has 0 aliphatic heterocycles. The molecule has 1 heterocycles. The molecule has 2 rings (SSSR count). The van der Waals surface area contributed by atoms with Crippen LogP contribution in [-0.2, 0) is 6.42 Å². The lowest BCUT2D eigenvalue weighted by atomic mass is 10.0. The fourth-order valence-corrected chi connectivity index (χ4v) is 2.35. The maximum atomic E-state index is 12.1. The van der Waals surface area contributed by atoms with Crippen LogP contribution in [0, 0.1) is 0 Å². The van der Waals surface area contributed by atoms with Crippen LogP contribution in [0.15, 0.2) is 41.1 Å². The Bertz CT molecular complexity index is 601. The Labute approximate surface area is 123 Å². The van der Waals surface area contributed by atoms with E-state index >= 15 is 0 Å². The lowest BCUT2D eigenvalue weighted by Crippen LogP contribution is -2.04. The fourth-order valence-electron chi connectivity index (χ4n) is 1.54. The number of carbonyl (C=O) groups excluding carboxylic acids is 1. The van der Waals surface area contributed by atoms with Gasteiger partial charge in [0.05, 0.1) is 5.02 Å². The zero-order valence-electron chi connectivity index (χ0n) is 9.16. The van der Waals surface area contributed by atoms with Crippen LogP contribution >= 0.6 is 39.1 Å². The number of aromatic nitrogens is 1. The molecule has 0 saturated heterocycles. The molecule has 0 N–H and O–H groups in total. The molecule has 1 aromatic heterocycles. The Morgan fingerprint density at radius 3 is 2.72 bits per heavy atom. The zero-order chi connectivity index (χ0) is 13.1. The summed E-state index contributed by atoms with van der Waals surface area (Å²) in [7, 11) is 0. The largest absolute Gasteiger partial charge is 0.294 e. The molecule has 2 aromatic rings. The van der Waals surface area contributed by atoms with Crippen LogP contribution in [0.1, 0.15) is 15.9 Å². The Hall–Kier alpha value is -0.900. The van der Waals surface area contributed by atoms with Gasteiger partial charge in [0.1, 0.15) is 0 Å². The highest BCUT2D eigenvalue weighted by atomic mass is 79.9. The van der Waals surface area contributed by atoms with Gasteiger partial charge in [0, 0.05) is 33.9 Å². The highest BCUT2D eigenvalue weighted by molar-refractivity contribution is 9.10. The summed E-state index contributed by atoms with van der Waals surface area (Å²) in [6, 6.07) is 6.71. The summed E-state index contributed by atoms with van der Waals surface area (Å²) >= 11 is 15.2. The molecule has 92 valence electrons. The van der Waals surface area contributed by atoms with Crippen molar-refractivity contribution in [1.29, 1.82) is 0 Å². The van der Waals surface area contributed by atoms with Crippen LogP contribution in [0.4, 0.5) is 0 Å². The molecular weight excluding hydrogens is 337 g/mol. The van der Waals surface area contributed by atoms with Crippen molar-refractivity contribution < 1.29 is 4.79 Å². The number of rotatable bonds is 3. The third kappa shape index (κ3) is 3.31. The Morgan fingerprint density at radius 2 is 2.00 bits per heavy atom. The molecular formula is C13H8BrCl2NO. The van der Waals surface area contributed by atoms with Gasteiger partial charge in [-0.2, -0.15) is 0 Å². The van der Waals surface area contributed by atoms with E-state index in [4.69, 9.17) is 23.2 Å². The molecule has 0 unspecified atom stereocenters. The topological polar surface area (TPSA) is 30.0 Å². The van der Waals surface area contributed by atoms with E-state index in [0.717, 1.165) is 10.0 Å². The van der Waals surface area contributed by atoms with Crippen molar-refractivity contribution >= 4 is 44.9 Å². The zero-order valence-corrected chi connectivity index (χ0v) is 12.3. The van der Waals surface area contributed by atoms with Gasteiger partial charge in [-0.3, -0.25) is 9.78 Å². The quantitative estimate of drug-likeness (QED) is 0.763. The molecule has 0 fully saturated rings. The fraction of sp³-hybridized carbons (Fsp3) is 0.0769. The molecule has 0 spiro atoms. The van der Waals surface area contributed by atoms with Crippen molar-refractivity contribution in [3.8, 4) is 0 Å². The molecule has 0 amide bonds. The molecule has 1 aromatic carbocycles. The predicted octanol–water partition coefficient (Wildman–Crippen LogP) is 4.58. The molecule has 2 nitrogen and oxygen atoms in total. The smallest absolute Gasteiger partial charge is 0.168 e. The first-order chi connectivity index (χ1) is 8.56. The van der Waals surface area contributed by atoms with Crippen LogP contribution < -0.4 is 0 Å². The van der Waals surface area contributed by atoms with Gasteiger partial charge in [-0.1, -0.05) is 23.2 Å². The third-order valence-corrected chi connectivity index (χ3v) is 3.35. The first-order valence-electron chi connectivity index (χ1n) is 5.14. The lowest BCUT2D eigenvalue weighted by Gasteiger charge is -2.04. The molecule has 0 saturated carbocycles. The Morgan fingerprint density at radius 1 is 1.22 bits per heavy atom. The number of pyridine rings is 1. The van der Waals surface area contributed by atoms with Gasteiger partial charge in [-0.25, -0.2) is 0 Å². The van der Waals surface area contributed by atoms with Gasteiger partial charge in [-0.15, -0.1) is 0 Å². The van der Waals surface area contributed by atoms with E-state index in [1.54, 1.807) is 30.6 Å². The lowest BCUT2D eigenvalue weighted by molar-refractivity contribution is 0.0993. The van der Waals surface area contributed by atoms with Crippen LogP contribution in [-0.4, -0.2) is 10.8 Å².